The quantitative estimate of drug-likeness (QED) is 0.668. The predicted molar refractivity (Wildman–Crippen MR) is 83.6 cm³/mol. The van der Waals surface area contributed by atoms with E-state index in [0.29, 0.717) is 6.42 Å². The number of hydrogen-bond acceptors (Lipinski definition) is 3. The number of benzene rings is 2. The summed E-state index contributed by atoms with van der Waals surface area (Å²) in [5.74, 6) is 0.140. The predicted octanol–water partition coefficient (Wildman–Crippen LogP) is 4.34. The third-order valence-electron chi connectivity index (χ3n) is 3.33. The van der Waals surface area contributed by atoms with Crippen molar-refractivity contribution < 1.29 is 4.79 Å². The lowest BCUT2D eigenvalue weighted by Gasteiger charge is -2.04. The van der Waals surface area contributed by atoms with Crippen LogP contribution < -0.4 is 0 Å². The maximum atomic E-state index is 12.4. The molecule has 0 aliphatic heterocycles. The van der Waals surface area contributed by atoms with Crippen molar-refractivity contribution in [2.45, 2.75) is 20.3 Å². The lowest BCUT2D eigenvalue weighted by molar-refractivity contribution is 0.0992. The first kappa shape index (κ1) is 13.0. The number of carbonyl (C=O) groups is 1. The summed E-state index contributed by atoms with van der Waals surface area (Å²) in [6.07, 6.45) is 0.378. The molecule has 3 heteroatoms. The number of hydrogen-bond donors (Lipinski definition) is 0. The summed E-state index contributed by atoms with van der Waals surface area (Å²) in [6.45, 7) is 4.02. The molecule has 0 spiro atoms. The first-order chi connectivity index (χ1) is 9.63. The van der Waals surface area contributed by atoms with E-state index in [-0.39, 0.29) is 5.78 Å². The van der Waals surface area contributed by atoms with Gasteiger partial charge < -0.3 is 0 Å². The Morgan fingerprint density at radius 2 is 1.95 bits per heavy atom. The first-order valence-corrected chi connectivity index (χ1v) is 7.40. The van der Waals surface area contributed by atoms with Gasteiger partial charge in [0.25, 0.3) is 0 Å². The van der Waals surface area contributed by atoms with Gasteiger partial charge in [-0.2, -0.15) is 0 Å². The van der Waals surface area contributed by atoms with Gasteiger partial charge in [0.2, 0.25) is 0 Å². The Bertz CT molecular complexity index is 756. The van der Waals surface area contributed by atoms with Crippen LogP contribution in [0, 0.1) is 13.8 Å². The summed E-state index contributed by atoms with van der Waals surface area (Å²) < 4.78 is 1.14. The van der Waals surface area contributed by atoms with Crippen molar-refractivity contribution in [3.05, 3.63) is 64.2 Å². The van der Waals surface area contributed by atoms with Gasteiger partial charge in [0.05, 0.1) is 16.6 Å². The molecule has 2 aromatic carbocycles. The van der Waals surface area contributed by atoms with E-state index in [1.54, 1.807) is 11.3 Å². The van der Waals surface area contributed by atoms with E-state index < -0.39 is 0 Å². The molecule has 2 nitrogen and oxygen atoms in total. The number of aromatic nitrogens is 1. The molecule has 3 rings (SSSR count). The SMILES string of the molecule is Cc1ccc(C(=O)Cc2nc3ccccc3s2)c(C)c1. The molecular weight excluding hydrogens is 266 g/mol. The minimum atomic E-state index is 0.140. The molecule has 0 amide bonds. The second-order valence-corrected chi connectivity index (χ2v) is 6.11. The van der Waals surface area contributed by atoms with Crippen LogP contribution in [-0.4, -0.2) is 10.8 Å². The van der Waals surface area contributed by atoms with Crippen LogP contribution in [0.15, 0.2) is 42.5 Å². The van der Waals surface area contributed by atoms with Crippen molar-refractivity contribution in [3.63, 3.8) is 0 Å². The molecule has 0 saturated heterocycles. The number of ketones is 1. The van der Waals surface area contributed by atoms with E-state index in [9.17, 15) is 4.79 Å². The van der Waals surface area contributed by atoms with Crippen LogP contribution in [0.5, 0.6) is 0 Å². The van der Waals surface area contributed by atoms with Crippen LogP contribution in [-0.2, 0) is 6.42 Å². The van der Waals surface area contributed by atoms with Gasteiger partial charge >= 0.3 is 0 Å². The van der Waals surface area contributed by atoms with E-state index in [1.165, 1.54) is 5.56 Å². The van der Waals surface area contributed by atoms with Crippen molar-refractivity contribution in [3.8, 4) is 0 Å². The zero-order chi connectivity index (χ0) is 14.1. The Morgan fingerprint density at radius 1 is 1.15 bits per heavy atom. The van der Waals surface area contributed by atoms with Gasteiger partial charge in [0.15, 0.2) is 5.78 Å². The number of thiazole rings is 1. The number of carbonyl (C=O) groups excluding carboxylic acids is 1. The first-order valence-electron chi connectivity index (χ1n) is 6.58. The number of rotatable bonds is 3. The molecule has 3 aromatic rings. The zero-order valence-electron chi connectivity index (χ0n) is 11.5. The highest BCUT2D eigenvalue weighted by Gasteiger charge is 2.13. The molecule has 0 saturated carbocycles. The Morgan fingerprint density at radius 3 is 2.70 bits per heavy atom. The van der Waals surface area contributed by atoms with Crippen LogP contribution in [0.1, 0.15) is 26.5 Å². The van der Waals surface area contributed by atoms with Gasteiger partial charge in [0.1, 0.15) is 5.01 Å². The van der Waals surface area contributed by atoms with E-state index in [1.807, 2.05) is 56.3 Å². The van der Waals surface area contributed by atoms with E-state index in [4.69, 9.17) is 0 Å². The fourth-order valence-electron chi connectivity index (χ4n) is 2.35. The molecule has 0 radical (unpaired) electrons. The summed E-state index contributed by atoms with van der Waals surface area (Å²) in [5, 5.41) is 0.885. The normalized spacial score (nSPS) is 10.9. The second kappa shape index (κ2) is 5.17. The molecule has 100 valence electrons. The van der Waals surface area contributed by atoms with Crippen LogP contribution >= 0.6 is 11.3 Å². The molecule has 1 heterocycles. The minimum absolute atomic E-state index is 0.140. The maximum absolute atomic E-state index is 12.4. The standard InChI is InChI=1S/C17H15NOS/c1-11-7-8-13(12(2)9-11)15(19)10-17-18-14-5-3-4-6-16(14)20-17/h3-9H,10H2,1-2H3. The van der Waals surface area contributed by atoms with Crippen molar-refractivity contribution in [2.75, 3.05) is 0 Å². The van der Waals surface area contributed by atoms with Gasteiger partial charge in [-0.3, -0.25) is 4.79 Å². The van der Waals surface area contributed by atoms with Gasteiger partial charge in [-0.05, 0) is 31.5 Å². The van der Waals surface area contributed by atoms with Crippen LogP contribution in [0.2, 0.25) is 0 Å². The van der Waals surface area contributed by atoms with Crippen LogP contribution in [0.4, 0.5) is 0 Å². The highest BCUT2D eigenvalue weighted by Crippen LogP contribution is 2.23. The van der Waals surface area contributed by atoms with Crippen LogP contribution in [0.25, 0.3) is 10.2 Å². The molecule has 0 atom stereocenters. The highest BCUT2D eigenvalue weighted by molar-refractivity contribution is 7.18. The molecule has 0 aliphatic rings. The molecule has 0 unspecified atom stereocenters. The Hall–Kier alpha value is -2.00. The van der Waals surface area contributed by atoms with Gasteiger partial charge in [-0.25, -0.2) is 4.98 Å². The lowest BCUT2D eigenvalue weighted by Crippen LogP contribution is -2.05. The number of aryl methyl sites for hydroxylation is 2. The van der Waals surface area contributed by atoms with Crippen molar-refractivity contribution in [1.82, 2.24) is 4.98 Å². The monoisotopic (exact) mass is 281 g/mol. The van der Waals surface area contributed by atoms with Crippen molar-refractivity contribution >= 4 is 27.3 Å². The topological polar surface area (TPSA) is 30.0 Å². The van der Waals surface area contributed by atoms with E-state index in [0.717, 1.165) is 26.4 Å². The average Bonchev–Trinajstić information content (AvgIpc) is 2.80. The molecule has 0 bridgehead atoms. The second-order valence-electron chi connectivity index (χ2n) is 4.99. The zero-order valence-corrected chi connectivity index (χ0v) is 12.3. The summed E-state index contributed by atoms with van der Waals surface area (Å²) in [7, 11) is 0. The smallest absolute Gasteiger partial charge is 0.169 e. The van der Waals surface area contributed by atoms with Gasteiger partial charge in [-0.15, -0.1) is 11.3 Å². The fourth-order valence-corrected chi connectivity index (χ4v) is 3.32. The Balaban J connectivity index is 1.88. The molecule has 1 aromatic heterocycles. The molecule has 0 aliphatic carbocycles. The number of nitrogens with zero attached hydrogens (tertiary/aromatic N) is 1. The third-order valence-corrected chi connectivity index (χ3v) is 4.37. The van der Waals surface area contributed by atoms with Crippen molar-refractivity contribution in [2.24, 2.45) is 0 Å². The van der Waals surface area contributed by atoms with E-state index in [2.05, 4.69) is 4.98 Å². The third kappa shape index (κ3) is 2.49. The maximum Gasteiger partial charge on any atom is 0.169 e. The summed E-state index contributed by atoms with van der Waals surface area (Å²) in [4.78, 5) is 16.9. The minimum Gasteiger partial charge on any atom is -0.294 e. The Labute approximate surface area is 122 Å². The molecule has 0 fully saturated rings. The molecule has 0 N–H and O–H groups in total. The lowest BCUT2D eigenvalue weighted by atomic mass is 10.0. The number of fused-ring (bicyclic) bond motifs is 1. The largest absolute Gasteiger partial charge is 0.294 e. The number of para-hydroxylation sites is 1. The number of Topliss-reactive ketones (excluding diaryl/α,β-unsaturated/α-hetero) is 1. The van der Waals surface area contributed by atoms with Crippen LogP contribution in [0.3, 0.4) is 0 Å². The van der Waals surface area contributed by atoms with Gasteiger partial charge in [0, 0.05) is 5.56 Å². The molecular formula is C17H15NOS. The molecule has 20 heavy (non-hydrogen) atoms. The van der Waals surface area contributed by atoms with Crippen molar-refractivity contribution in [1.29, 1.82) is 0 Å². The fraction of sp³-hybridized carbons (Fsp3) is 0.176. The highest BCUT2D eigenvalue weighted by atomic mass is 32.1. The van der Waals surface area contributed by atoms with E-state index >= 15 is 0 Å². The average molecular weight is 281 g/mol. The summed E-state index contributed by atoms with van der Waals surface area (Å²) >= 11 is 1.60. The van der Waals surface area contributed by atoms with Gasteiger partial charge in [-0.1, -0.05) is 35.9 Å². The Kier molecular flexibility index (Phi) is 3.36. The summed E-state index contributed by atoms with van der Waals surface area (Å²) in [5.41, 5.74) is 3.99. The summed E-state index contributed by atoms with van der Waals surface area (Å²) in [6, 6.07) is 13.9.